The van der Waals surface area contributed by atoms with Crippen LogP contribution in [0.4, 0.5) is 13.2 Å². The second-order valence-electron chi connectivity index (χ2n) is 13.4. The normalized spacial score (nSPS) is 27.3. The number of fused-ring (bicyclic) bond motifs is 4. The molecule has 9 nitrogen and oxygen atoms in total. The number of carbonyl (C=O) groups excluding carboxylic acids is 4. The van der Waals surface area contributed by atoms with Gasteiger partial charge in [0.25, 0.3) is 0 Å². The molecule has 3 aromatic carbocycles. The fourth-order valence-corrected chi connectivity index (χ4v) is 8.85. The van der Waals surface area contributed by atoms with E-state index in [1.807, 2.05) is 0 Å². The molecular formula is C39H32F3NO8. The van der Waals surface area contributed by atoms with Gasteiger partial charge in [0.15, 0.2) is 11.6 Å². The van der Waals surface area contributed by atoms with Crippen LogP contribution in [0.25, 0.3) is 5.57 Å². The molecule has 6 atom stereocenters. The van der Waals surface area contributed by atoms with Gasteiger partial charge in [-0.3, -0.25) is 28.9 Å². The average Bonchev–Trinajstić information content (AvgIpc) is 3.34. The lowest BCUT2D eigenvalue weighted by atomic mass is 9.44. The van der Waals surface area contributed by atoms with Crippen molar-refractivity contribution in [3.63, 3.8) is 0 Å². The Bertz CT molecular complexity index is 2010. The Hall–Kier alpha value is -5.52. The number of nitrogens with zero attached hydrogens (tertiary/aromatic N) is 1. The number of hydrogen-bond donors (Lipinski definition) is 2. The summed E-state index contributed by atoms with van der Waals surface area (Å²) in [5.74, 6) is -9.18. The van der Waals surface area contributed by atoms with Crippen molar-refractivity contribution in [2.24, 2.45) is 23.7 Å². The highest BCUT2D eigenvalue weighted by molar-refractivity contribution is 6.31. The number of ether oxygens (including phenoxy) is 1. The summed E-state index contributed by atoms with van der Waals surface area (Å²) in [6, 6.07) is 20.0. The first-order chi connectivity index (χ1) is 24.3. The van der Waals surface area contributed by atoms with Gasteiger partial charge in [0.2, 0.25) is 11.8 Å². The third-order valence-electron chi connectivity index (χ3n) is 10.8. The predicted molar refractivity (Wildman–Crippen MR) is 175 cm³/mol. The van der Waals surface area contributed by atoms with Crippen LogP contribution in [0.3, 0.4) is 0 Å². The number of hydrogen-bond acceptors (Lipinski definition) is 7. The largest absolute Gasteiger partial charge is 0.573 e. The quantitative estimate of drug-likeness (QED) is 0.217. The van der Waals surface area contributed by atoms with Crippen molar-refractivity contribution in [2.45, 2.75) is 43.4 Å². The Morgan fingerprint density at radius 1 is 0.922 bits per heavy atom. The number of aromatic hydroxyl groups is 1. The van der Waals surface area contributed by atoms with E-state index in [1.165, 1.54) is 6.08 Å². The summed E-state index contributed by atoms with van der Waals surface area (Å²) in [5, 5.41) is 20.6. The fourth-order valence-electron chi connectivity index (χ4n) is 8.85. The van der Waals surface area contributed by atoms with Gasteiger partial charge in [0.05, 0.1) is 17.3 Å². The number of phenols is 1. The number of benzene rings is 3. The van der Waals surface area contributed by atoms with Crippen molar-refractivity contribution in [1.29, 1.82) is 0 Å². The van der Waals surface area contributed by atoms with Crippen LogP contribution in [0, 0.1) is 23.7 Å². The van der Waals surface area contributed by atoms with E-state index in [0.717, 1.165) is 23.1 Å². The molecule has 1 aliphatic heterocycles. The van der Waals surface area contributed by atoms with Gasteiger partial charge < -0.3 is 14.9 Å². The lowest BCUT2D eigenvalue weighted by molar-refractivity contribution is -0.274. The van der Waals surface area contributed by atoms with E-state index in [9.17, 15) is 37.5 Å². The lowest BCUT2D eigenvalue weighted by Crippen LogP contribution is -2.58. The number of amides is 2. The van der Waals surface area contributed by atoms with Gasteiger partial charge in [-0.2, -0.15) is 0 Å². The topological polar surface area (TPSA) is 138 Å². The fraction of sp³-hybridized carbons (Fsp3) is 0.308. The Labute approximate surface area is 290 Å². The van der Waals surface area contributed by atoms with E-state index in [4.69, 9.17) is 5.11 Å². The molecule has 2 amide bonds. The molecule has 2 N–H and O–H groups in total. The highest BCUT2D eigenvalue weighted by Gasteiger charge is 2.66. The Morgan fingerprint density at radius 2 is 1.61 bits per heavy atom. The number of carboxylic acids is 1. The molecule has 3 aliphatic carbocycles. The molecule has 0 radical (unpaired) electrons. The van der Waals surface area contributed by atoms with Crippen molar-refractivity contribution in [2.75, 3.05) is 6.54 Å². The number of likely N-dealkylation sites (tertiary alicyclic amines) is 1. The number of imide groups is 1. The van der Waals surface area contributed by atoms with Crippen LogP contribution in [-0.4, -0.2) is 57.4 Å². The third-order valence-corrected chi connectivity index (χ3v) is 10.8. The number of alkyl halides is 3. The first kappa shape index (κ1) is 34.0. The lowest BCUT2D eigenvalue weighted by Gasteiger charge is -2.55. The minimum absolute atomic E-state index is 0.0393. The molecule has 4 aliphatic rings. The molecule has 1 heterocycles. The molecule has 0 bridgehead atoms. The highest BCUT2D eigenvalue weighted by Crippen LogP contribution is 2.64. The summed E-state index contributed by atoms with van der Waals surface area (Å²) in [6.07, 6.45) is -2.31. The molecule has 262 valence electrons. The van der Waals surface area contributed by atoms with Crippen molar-refractivity contribution >= 4 is 34.9 Å². The Kier molecular flexibility index (Phi) is 8.43. The SMILES string of the molecule is O=C(O)CCCN1C(=O)C2CC=C3C(CC4C(=O)C(c5ccccc5)=CC(=O)C4(c4ccccc4)C3c3cc(OC(F)(F)F)ccc3O)C2C1=O. The standard InChI is InChI=1S/C39H32F3NO8/c40-39(41,42)51-23-13-16-30(44)28(18-23)34-24-14-15-25-33(37(50)43(36(25)49)17-7-12-32(46)47)27(24)19-29-35(48)26(21-8-3-1-4-9-21)20-31(45)38(29,34)22-10-5-2-6-11-22/h1-6,8-11,13-14,16,18,20,25,27,29,33-34,44H,7,12,15,17,19H2,(H,46,47). The Balaban J connectivity index is 1.46. The summed E-state index contributed by atoms with van der Waals surface area (Å²) in [6.45, 7) is -0.115. The van der Waals surface area contributed by atoms with Crippen LogP contribution in [0.15, 0.2) is 96.6 Å². The summed E-state index contributed by atoms with van der Waals surface area (Å²) >= 11 is 0. The van der Waals surface area contributed by atoms with E-state index in [0.29, 0.717) is 16.7 Å². The van der Waals surface area contributed by atoms with Gasteiger partial charge in [-0.05, 0) is 60.6 Å². The van der Waals surface area contributed by atoms with E-state index in [-0.39, 0.29) is 43.4 Å². The van der Waals surface area contributed by atoms with E-state index in [2.05, 4.69) is 4.74 Å². The zero-order valence-corrected chi connectivity index (χ0v) is 27.0. The monoisotopic (exact) mass is 699 g/mol. The molecule has 6 unspecified atom stereocenters. The number of allylic oxidation sites excluding steroid dienone is 4. The molecule has 7 rings (SSSR count). The maximum absolute atomic E-state index is 15.0. The van der Waals surface area contributed by atoms with E-state index < -0.39 is 82.2 Å². The first-order valence-corrected chi connectivity index (χ1v) is 16.6. The van der Waals surface area contributed by atoms with Gasteiger partial charge in [0, 0.05) is 35.9 Å². The van der Waals surface area contributed by atoms with Crippen LogP contribution in [0.5, 0.6) is 11.5 Å². The highest BCUT2D eigenvalue weighted by atomic mass is 19.4. The van der Waals surface area contributed by atoms with Gasteiger partial charge in [-0.1, -0.05) is 72.3 Å². The van der Waals surface area contributed by atoms with Gasteiger partial charge in [-0.25, -0.2) is 0 Å². The van der Waals surface area contributed by atoms with Crippen LogP contribution in [0.1, 0.15) is 48.3 Å². The van der Waals surface area contributed by atoms with Crippen molar-refractivity contribution in [3.05, 3.63) is 113 Å². The number of carboxylic acid groups (broad SMARTS) is 1. The zero-order chi connectivity index (χ0) is 36.2. The van der Waals surface area contributed by atoms with E-state index in [1.54, 1.807) is 66.7 Å². The molecule has 0 aromatic heterocycles. The molecule has 12 heteroatoms. The van der Waals surface area contributed by atoms with Crippen LogP contribution in [0.2, 0.25) is 0 Å². The number of carbonyl (C=O) groups is 5. The molecular weight excluding hydrogens is 667 g/mol. The second-order valence-corrected chi connectivity index (χ2v) is 13.4. The average molecular weight is 700 g/mol. The van der Waals surface area contributed by atoms with Gasteiger partial charge >= 0.3 is 12.3 Å². The number of halogens is 3. The van der Waals surface area contributed by atoms with Crippen molar-refractivity contribution in [3.8, 4) is 11.5 Å². The maximum Gasteiger partial charge on any atom is 0.573 e. The first-order valence-electron chi connectivity index (χ1n) is 16.6. The summed E-state index contributed by atoms with van der Waals surface area (Å²) in [4.78, 5) is 69.9. The molecule has 2 fully saturated rings. The smallest absolute Gasteiger partial charge is 0.508 e. The summed E-state index contributed by atoms with van der Waals surface area (Å²) in [5.41, 5.74) is -0.411. The summed E-state index contributed by atoms with van der Waals surface area (Å²) in [7, 11) is 0. The number of aliphatic carboxylic acids is 1. The number of ketones is 2. The number of rotatable bonds is 8. The number of Topliss-reactive ketones (excluding diaryl/α,β-unsaturated/α-hetero) is 1. The molecule has 51 heavy (non-hydrogen) atoms. The van der Waals surface area contributed by atoms with Crippen molar-refractivity contribution < 1.29 is 52.1 Å². The summed E-state index contributed by atoms with van der Waals surface area (Å²) < 4.78 is 44.7. The van der Waals surface area contributed by atoms with Crippen LogP contribution in [-0.2, 0) is 29.4 Å². The Morgan fingerprint density at radius 3 is 2.27 bits per heavy atom. The van der Waals surface area contributed by atoms with Crippen molar-refractivity contribution in [1.82, 2.24) is 4.90 Å². The van der Waals surface area contributed by atoms with Gasteiger partial charge in [-0.15, -0.1) is 13.2 Å². The molecule has 0 spiro atoms. The third kappa shape index (κ3) is 5.62. The zero-order valence-electron chi connectivity index (χ0n) is 27.0. The molecule has 3 aromatic rings. The van der Waals surface area contributed by atoms with Gasteiger partial charge in [0.1, 0.15) is 11.5 Å². The number of phenolic OH excluding ortho intramolecular Hbond substituents is 1. The minimum Gasteiger partial charge on any atom is -0.508 e. The maximum atomic E-state index is 15.0. The van der Waals surface area contributed by atoms with Crippen LogP contribution < -0.4 is 4.74 Å². The predicted octanol–water partition coefficient (Wildman–Crippen LogP) is 5.98. The van der Waals surface area contributed by atoms with E-state index >= 15 is 4.79 Å². The minimum atomic E-state index is -5.08. The molecule has 1 saturated carbocycles. The molecule has 1 saturated heterocycles. The second kappa shape index (κ2) is 12.7. The van der Waals surface area contributed by atoms with Crippen LogP contribution >= 0.6 is 0 Å².